The largest absolute Gasteiger partial charge is 0.341 e. The molecule has 2 heterocycles. The maximum Gasteiger partial charge on any atom is 0.259 e. The number of carbonyl (C=O) groups is 1. The van der Waals surface area contributed by atoms with Crippen molar-refractivity contribution in [2.45, 2.75) is 19.8 Å². The summed E-state index contributed by atoms with van der Waals surface area (Å²) in [5, 5.41) is 2.66. The molecule has 1 fully saturated rings. The number of aryl methyl sites for hydroxylation is 1. The fourth-order valence-electron chi connectivity index (χ4n) is 2.51. The number of nitrogens with one attached hydrogen (secondary N) is 1. The van der Waals surface area contributed by atoms with Crippen LogP contribution in [0.1, 0.15) is 28.9 Å². The van der Waals surface area contributed by atoms with Crippen LogP contribution in [0.5, 0.6) is 0 Å². The highest BCUT2D eigenvalue weighted by Crippen LogP contribution is 2.18. The second-order valence-electron chi connectivity index (χ2n) is 5.33. The van der Waals surface area contributed by atoms with E-state index in [0.717, 1.165) is 25.9 Å². The van der Waals surface area contributed by atoms with Gasteiger partial charge < -0.3 is 10.2 Å². The molecule has 1 N–H and O–H groups in total. The Balaban J connectivity index is 1.77. The number of benzene rings is 1. The maximum atomic E-state index is 13.1. The second-order valence-corrected chi connectivity index (χ2v) is 5.33. The second kappa shape index (κ2) is 6.09. The summed E-state index contributed by atoms with van der Waals surface area (Å²) in [6, 6.07) is 5.78. The quantitative estimate of drug-likeness (QED) is 0.947. The molecule has 1 saturated heterocycles. The van der Waals surface area contributed by atoms with Gasteiger partial charge in [0.05, 0.1) is 11.3 Å². The minimum atomic E-state index is -0.393. The maximum absolute atomic E-state index is 13.1. The lowest BCUT2D eigenvalue weighted by atomic mass is 10.2. The fraction of sp³-hybridized carbons (Fsp3) is 0.312. The van der Waals surface area contributed by atoms with E-state index in [1.54, 1.807) is 19.1 Å². The molecule has 6 heteroatoms. The molecular formula is C16H17FN4O. The van der Waals surface area contributed by atoms with Crippen molar-refractivity contribution >= 4 is 17.5 Å². The Morgan fingerprint density at radius 2 is 2.09 bits per heavy atom. The number of nitrogens with zero attached hydrogens (tertiary/aromatic N) is 3. The molecule has 1 aliphatic heterocycles. The first kappa shape index (κ1) is 14.4. The van der Waals surface area contributed by atoms with E-state index in [-0.39, 0.29) is 5.91 Å². The molecule has 0 aliphatic carbocycles. The third kappa shape index (κ3) is 3.05. The van der Waals surface area contributed by atoms with Crippen molar-refractivity contribution in [3.8, 4) is 0 Å². The van der Waals surface area contributed by atoms with Gasteiger partial charge in [-0.05, 0) is 38.0 Å². The van der Waals surface area contributed by atoms with E-state index in [0.29, 0.717) is 22.9 Å². The molecule has 5 nitrogen and oxygen atoms in total. The van der Waals surface area contributed by atoms with Gasteiger partial charge in [0.1, 0.15) is 5.82 Å². The van der Waals surface area contributed by atoms with Gasteiger partial charge in [-0.1, -0.05) is 6.07 Å². The van der Waals surface area contributed by atoms with Crippen molar-refractivity contribution in [1.29, 1.82) is 0 Å². The summed E-state index contributed by atoms with van der Waals surface area (Å²) in [6.07, 6.45) is 3.82. The Morgan fingerprint density at radius 1 is 1.32 bits per heavy atom. The zero-order chi connectivity index (χ0) is 15.5. The zero-order valence-corrected chi connectivity index (χ0v) is 12.3. The zero-order valence-electron chi connectivity index (χ0n) is 12.3. The number of aromatic nitrogens is 2. The molecular weight excluding hydrogens is 283 g/mol. The van der Waals surface area contributed by atoms with Crippen LogP contribution in [0.25, 0.3) is 0 Å². The van der Waals surface area contributed by atoms with E-state index < -0.39 is 5.82 Å². The minimum Gasteiger partial charge on any atom is -0.341 e. The van der Waals surface area contributed by atoms with Gasteiger partial charge in [0, 0.05) is 25.0 Å². The highest BCUT2D eigenvalue weighted by atomic mass is 19.1. The standard InChI is InChI=1S/C16H17FN4O/c1-11-14(10-18-16(19-11)21-7-2-3-8-21)15(22)20-13-6-4-5-12(17)9-13/h4-6,9-10H,2-3,7-8H2,1H3,(H,20,22). The van der Waals surface area contributed by atoms with Gasteiger partial charge >= 0.3 is 0 Å². The normalized spacial score (nSPS) is 14.2. The number of hydrogen-bond acceptors (Lipinski definition) is 4. The highest BCUT2D eigenvalue weighted by molar-refractivity contribution is 6.04. The Kier molecular flexibility index (Phi) is 4.00. The van der Waals surface area contributed by atoms with Crippen LogP contribution < -0.4 is 10.2 Å². The van der Waals surface area contributed by atoms with Gasteiger partial charge in [0.25, 0.3) is 5.91 Å². The number of rotatable bonds is 3. The molecule has 114 valence electrons. The van der Waals surface area contributed by atoms with E-state index in [1.807, 2.05) is 0 Å². The highest BCUT2D eigenvalue weighted by Gasteiger charge is 2.18. The smallest absolute Gasteiger partial charge is 0.259 e. The van der Waals surface area contributed by atoms with Crippen LogP contribution in [0.3, 0.4) is 0 Å². The third-order valence-electron chi connectivity index (χ3n) is 3.68. The number of hydrogen-bond donors (Lipinski definition) is 1. The molecule has 2 aromatic rings. The number of amides is 1. The first-order chi connectivity index (χ1) is 10.6. The molecule has 1 amide bonds. The molecule has 0 atom stereocenters. The summed E-state index contributed by atoms with van der Waals surface area (Å²) >= 11 is 0. The summed E-state index contributed by atoms with van der Waals surface area (Å²) < 4.78 is 13.1. The summed E-state index contributed by atoms with van der Waals surface area (Å²) in [5.41, 5.74) is 1.42. The Bertz CT molecular complexity index is 698. The molecule has 0 radical (unpaired) electrons. The van der Waals surface area contributed by atoms with Crippen LogP contribution >= 0.6 is 0 Å². The monoisotopic (exact) mass is 300 g/mol. The SMILES string of the molecule is Cc1nc(N2CCCC2)ncc1C(=O)Nc1cccc(F)c1. The van der Waals surface area contributed by atoms with Crippen molar-refractivity contribution in [2.24, 2.45) is 0 Å². The Labute approximate surface area is 128 Å². The fourth-order valence-corrected chi connectivity index (χ4v) is 2.51. The van der Waals surface area contributed by atoms with Gasteiger partial charge in [0.15, 0.2) is 0 Å². The Morgan fingerprint density at radius 3 is 2.77 bits per heavy atom. The molecule has 1 aromatic heterocycles. The lowest BCUT2D eigenvalue weighted by Crippen LogP contribution is -2.22. The molecule has 0 spiro atoms. The molecule has 0 bridgehead atoms. The lowest BCUT2D eigenvalue weighted by molar-refractivity contribution is 0.102. The Hall–Kier alpha value is -2.50. The predicted molar refractivity (Wildman–Crippen MR) is 82.6 cm³/mol. The van der Waals surface area contributed by atoms with Crippen molar-refractivity contribution in [3.63, 3.8) is 0 Å². The van der Waals surface area contributed by atoms with Gasteiger partial charge in [-0.15, -0.1) is 0 Å². The van der Waals surface area contributed by atoms with Gasteiger partial charge in [-0.2, -0.15) is 0 Å². The third-order valence-corrected chi connectivity index (χ3v) is 3.68. The van der Waals surface area contributed by atoms with Crippen molar-refractivity contribution in [2.75, 3.05) is 23.3 Å². The van der Waals surface area contributed by atoms with Gasteiger partial charge in [-0.3, -0.25) is 4.79 Å². The number of anilines is 2. The van der Waals surface area contributed by atoms with Gasteiger partial charge in [0.2, 0.25) is 5.95 Å². The van der Waals surface area contributed by atoms with Crippen molar-refractivity contribution < 1.29 is 9.18 Å². The summed E-state index contributed by atoms with van der Waals surface area (Å²) in [7, 11) is 0. The molecule has 3 rings (SSSR count). The van der Waals surface area contributed by atoms with Crippen LogP contribution in [0.15, 0.2) is 30.5 Å². The van der Waals surface area contributed by atoms with Gasteiger partial charge in [-0.25, -0.2) is 14.4 Å². The number of carbonyl (C=O) groups excluding carboxylic acids is 1. The van der Waals surface area contributed by atoms with Crippen LogP contribution in [0.4, 0.5) is 16.0 Å². The first-order valence-electron chi connectivity index (χ1n) is 7.29. The van der Waals surface area contributed by atoms with E-state index in [4.69, 9.17) is 0 Å². The molecule has 0 unspecified atom stereocenters. The van der Waals surface area contributed by atoms with Crippen molar-refractivity contribution in [1.82, 2.24) is 9.97 Å². The van der Waals surface area contributed by atoms with Crippen molar-refractivity contribution in [3.05, 3.63) is 47.5 Å². The first-order valence-corrected chi connectivity index (χ1v) is 7.29. The van der Waals surface area contributed by atoms with Crippen LogP contribution in [-0.2, 0) is 0 Å². The summed E-state index contributed by atoms with van der Waals surface area (Å²) in [6.45, 7) is 3.68. The summed E-state index contributed by atoms with van der Waals surface area (Å²) in [5.74, 6) is -0.0662. The van der Waals surface area contributed by atoms with Crippen LogP contribution in [0.2, 0.25) is 0 Å². The molecule has 22 heavy (non-hydrogen) atoms. The van der Waals surface area contributed by atoms with E-state index in [2.05, 4.69) is 20.2 Å². The van der Waals surface area contributed by atoms with E-state index in [9.17, 15) is 9.18 Å². The topological polar surface area (TPSA) is 58.1 Å². The van der Waals surface area contributed by atoms with E-state index in [1.165, 1.54) is 18.3 Å². The molecule has 1 aliphatic rings. The minimum absolute atomic E-state index is 0.337. The predicted octanol–water partition coefficient (Wildman–Crippen LogP) is 2.78. The molecule has 0 saturated carbocycles. The summed E-state index contributed by atoms with van der Waals surface area (Å²) in [4.78, 5) is 23.1. The average molecular weight is 300 g/mol. The molecule has 1 aromatic carbocycles. The van der Waals surface area contributed by atoms with Crippen LogP contribution in [-0.4, -0.2) is 29.0 Å². The average Bonchev–Trinajstić information content (AvgIpc) is 3.01. The van der Waals surface area contributed by atoms with E-state index >= 15 is 0 Å². The number of halogens is 1. The lowest BCUT2D eigenvalue weighted by Gasteiger charge is -2.16. The van der Waals surface area contributed by atoms with Crippen LogP contribution in [0, 0.1) is 12.7 Å².